The molecule has 2 aromatic heterocycles. The fourth-order valence-corrected chi connectivity index (χ4v) is 5.94. The van der Waals surface area contributed by atoms with Crippen LogP contribution >= 0.6 is 46.5 Å². The van der Waals surface area contributed by atoms with E-state index in [1.54, 1.807) is 35.6 Å². The molecule has 0 aromatic carbocycles. The molecule has 0 spiro atoms. The van der Waals surface area contributed by atoms with E-state index in [-0.39, 0.29) is 17.3 Å². The van der Waals surface area contributed by atoms with Crippen LogP contribution < -0.4 is 10.6 Å². The molecule has 2 atom stereocenters. The zero-order valence-corrected chi connectivity index (χ0v) is 17.2. The molecule has 2 saturated heterocycles. The van der Waals surface area contributed by atoms with Crippen LogP contribution in [0, 0.1) is 5.41 Å². The van der Waals surface area contributed by atoms with Crippen LogP contribution in [-0.4, -0.2) is 40.2 Å². The van der Waals surface area contributed by atoms with Crippen molar-refractivity contribution in [2.45, 2.75) is 17.4 Å². The van der Waals surface area contributed by atoms with Gasteiger partial charge in [0.15, 0.2) is 5.44 Å². The molecule has 2 aliphatic heterocycles. The molecule has 142 valence electrons. The summed E-state index contributed by atoms with van der Waals surface area (Å²) in [4.78, 5) is 17.9. The van der Waals surface area contributed by atoms with E-state index in [4.69, 9.17) is 33.3 Å². The van der Waals surface area contributed by atoms with Crippen LogP contribution in [0.3, 0.4) is 0 Å². The average Bonchev–Trinajstić information content (AvgIpc) is 3.19. The van der Waals surface area contributed by atoms with E-state index in [1.807, 2.05) is 0 Å². The van der Waals surface area contributed by atoms with E-state index < -0.39 is 5.54 Å². The number of aromatic nitrogens is 1. The monoisotopic (exact) mass is 443 g/mol. The Morgan fingerprint density at radius 1 is 1.52 bits per heavy atom. The summed E-state index contributed by atoms with van der Waals surface area (Å²) in [5.74, 6) is 0.333. The lowest BCUT2D eigenvalue weighted by Crippen LogP contribution is -2.57. The zero-order valence-electron chi connectivity index (χ0n) is 14.1. The molecular weight excluding hydrogens is 429 g/mol. The van der Waals surface area contributed by atoms with E-state index in [9.17, 15) is 4.79 Å². The third-order valence-electron chi connectivity index (χ3n) is 4.35. The normalized spacial score (nSPS) is 24.5. The van der Waals surface area contributed by atoms with Crippen LogP contribution in [0.1, 0.15) is 21.0 Å². The highest BCUT2D eigenvalue weighted by Gasteiger charge is 2.53. The van der Waals surface area contributed by atoms with Gasteiger partial charge in [0.2, 0.25) is 5.96 Å². The number of hydrogen-bond acceptors (Lipinski definition) is 6. The lowest BCUT2D eigenvalue weighted by molar-refractivity contribution is 0.103. The molecule has 2 aromatic rings. The SMILES string of the molecule is CN1SC2OCCC2(c2sc(C(=O)Nc3cccc(Cl)n3)cc2Cl)NC1=N. The number of pyridine rings is 1. The van der Waals surface area contributed by atoms with Crippen molar-refractivity contribution in [1.29, 1.82) is 5.41 Å². The van der Waals surface area contributed by atoms with Crippen LogP contribution in [0.4, 0.5) is 5.82 Å². The van der Waals surface area contributed by atoms with Crippen molar-refractivity contribution in [3.8, 4) is 0 Å². The second-order valence-electron chi connectivity index (χ2n) is 6.09. The minimum atomic E-state index is -0.622. The third kappa shape index (κ3) is 3.38. The van der Waals surface area contributed by atoms with Crippen LogP contribution in [0.5, 0.6) is 0 Å². The van der Waals surface area contributed by atoms with Gasteiger partial charge in [-0.1, -0.05) is 29.3 Å². The number of amides is 1. The molecular formula is C16H15Cl2N5O2S2. The third-order valence-corrected chi connectivity index (χ3v) is 7.51. The van der Waals surface area contributed by atoms with E-state index in [2.05, 4.69) is 15.6 Å². The Balaban J connectivity index is 1.63. The molecule has 0 bridgehead atoms. The predicted octanol–water partition coefficient (Wildman–Crippen LogP) is 3.76. The Hall–Kier alpha value is -1.52. The summed E-state index contributed by atoms with van der Waals surface area (Å²) in [5, 5.41) is 14.9. The van der Waals surface area contributed by atoms with Crippen molar-refractivity contribution < 1.29 is 9.53 Å². The standard InChI is InChI=1S/C16H15Cl2N5O2S2/c1-23-15(19)22-16(5-6-25-14(16)27-23)12-8(17)7-9(26-12)13(24)21-11-4-2-3-10(18)20-11/h2-4,7,14H,5-6H2,1H3,(H2,19,22)(H,20,21,24). The van der Waals surface area contributed by atoms with Crippen molar-refractivity contribution in [3.63, 3.8) is 0 Å². The number of halogens is 2. The second-order valence-corrected chi connectivity index (χ2v) is 9.12. The summed E-state index contributed by atoms with van der Waals surface area (Å²) < 4.78 is 7.57. The molecule has 4 rings (SSSR count). The van der Waals surface area contributed by atoms with Crippen molar-refractivity contribution in [2.75, 3.05) is 19.0 Å². The Morgan fingerprint density at radius 3 is 3.11 bits per heavy atom. The van der Waals surface area contributed by atoms with Gasteiger partial charge in [-0.05, 0) is 30.1 Å². The quantitative estimate of drug-likeness (QED) is 0.494. The van der Waals surface area contributed by atoms with Crippen molar-refractivity contribution in [3.05, 3.63) is 44.2 Å². The highest BCUT2D eigenvalue weighted by molar-refractivity contribution is 7.98. The Kier molecular flexibility index (Phi) is 4.98. The maximum atomic E-state index is 12.6. The maximum absolute atomic E-state index is 12.6. The highest BCUT2D eigenvalue weighted by Crippen LogP contribution is 2.49. The van der Waals surface area contributed by atoms with Gasteiger partial charge in [0.1, 0.15) is 16.5 Å². The molecule has 2 aliphatic rings. The van der Waals surface area contributed by atoms with Gasteiger partial charge in [0.05, 0.1) is 21.4 Å². The number of nitrogens with one attached hydrogen (secondary N) is 3. The zero-order chi connectivity index (χ0) is 19.2. The second kappa shape index (κ2) is 7.14. The van der Waals surface area contributed by atoms with Crippen LogP contribution in [0.15, 0.2) is 24.3 Å². The van der Waals surface area contributed by atoms with Crippen molar-refractivity contribution in [1.82, 2.24) is 14.6 Å². The largest absolute Gasteiger partial charge is 0.363 e. The molecule has 1 amide bonds. The topological polar surface area (TPSA) is 90.3 Å². The van der Waals surface area contributed by atoms with Gasteiger partial charge in [-0.15, -0.1) is 11.3 Å². The number of hydrogen-bond donors (Lipinski definition) is 3. The van der Waals surface area contributed by atoms with Crippen molar-refractivity contribution in [2.24, 2.45) is 0 Å². The molecule has 0 aliphatic carbocycles. The fraction of sp³-hybridized carbons (Fsp3) is 0.312. The smallest absolute Gasteiger partial charge is 0.266 e. The number of nitrogens with zero attached hydrogens (tertiary/aromatic N) is 2. The number of anilines is 1. The van der Waals surface area contributed by atoms with Gasteiger partial charge in [-0.2, -0.15) is 0 Å². The average molecular weight is 444 g/mol. The Morgan fingerprint density at radius 2 is 2.33 bits per heavy atom. The molecule has 0 saturated carbocycles. The van der Waals surface area contributed by atoms with Gasteiger partial charge < -0.3 is 15.4 Å². The first-order valence-electron chi connectivity index (χ1n) is 8.01. The first-order chi connectivity index (χ1) is 12.9. The van der Waals surface area contributed by atoms with Gasteiger partial charge >= 0.3 is 0 Å². The Bertz CT molecular complexity index is 924. The summed E-state index contributed by atoms with van der Waals surface area (Å²) in [6.45, 7) is 0.550. The minimum Gasteiger partial charge on any atom is -0.363 e. The number of ether oxygens (including phenoxy) is 1. The molecule has 4 heterocycles. The lowest BCUT2D eigenvalue weighted by Gasteiger charge is -2.42. The fourth-order valence-electron chi connectivity index (χ4n) is 3.03. The van der Waals surface area contributed by atoms with Gasteiger partial charge in [0.25, 0.3) is 5.91 Å². The van der Waals surface area contributed by atoms with E-state index in [0.29, 0.717) is 33.9 Å². The maximum Gasteiger partial charge on any atom is 0.266 e. The predicted molar refractivity (Wildman–Crippen MR) is 109 cm³/mol. The van der Waals surface area contributed by atoms with Gasteiger partial charge in [-0.25, -0.2) is 4.98 Å². The molecule has 27 heavy (non-hydrogen) atoms. The van der Waals surface area contributed by atoms with Gasteiger partial charge in [0, 0.05) is 13.5 Å². The highest BCUT2D eigenvalue weighted by atomic mass is 35.5. The molecule has 3 N–H and O–H groups in total. The summed E-state index contributed by atoms with van der Waals surface area (Å²) in [5.41, 5.74) is -0.846. The first kappa shape index (κ1) is 18.8. The number of carbonyl (C=O) groups is 1. The number of rotatable bonds is 3. The number of carbonyl (C=O) groups excluding carboxylic acids is 1. The van der Waals surface area contributed by atoms with Gasteiger partial charge in [-0.3, -0.25) is 14.5 Å². The molecule has 0 radical (unpaired) electrons. The van der Waals surface area contributed by atoms with Crippen LogP contribution in [-0.2, 0) is 10.3 Å². The number of fused-ring (bicyclic) bond motifs is 1. The molecule has 2 unspecified atom stereocenters. The summed E-state index contributed by atoms with van der Waals surface area (Å²) in [6, 6.07) is 6.65. The molecule has 7 nitrogen and oxygen atoms in total. The van der Waals surface area contributed by atoms with Crippen LogP contribution in [0.25, 0.3) is 0 Å². The lowest BCUT2D eigenvalue weighted by atomic mass is 9.96. The number of thiophene rings is 1. The Labute approximate surface area is 174 Å². The van der Waals surface area contributed by atoms with Crippen molar-refractivity contribution >= 4 is 64.2 Å². The van der Waals surface area contributed by atoms with E-state index in [0.717, 1.165) is 4.88 Å². The first-order valence-corrected chi connectivity index (χ1v) is 10.4. The summed E-state index contributed by atoms with van der Waals surface area (Å²) >= 11 is 15.1. The minimum absolute atomic E-state index is 0.224. The van der Waals surface area contributed by atoms with E-state index >= 15 is 0 Å². The number of guanidine groups is 1. The van der Waals surface area contributed by atoms with Crippen LogP contribution in [0.2, 0.25) is 10.2 Å². The summed E-state index contributed by atoms with van der Waals surface area (Å²) in [6.07, 6.45) is 0.665. The molecule has 11 heteroatoms. The summed E-state index contributed by atoms with van der Waals surface area (Å²) in [7, 11) is 1.80. The molecule has 2 fully saturated rings. The van der Waals surface area contributed by atoms with E-state index in [1.165, 1.54) is 23.3 Å².